The summed E-state index contributed by atoms with van der Waals surface area (Å²) in [5, 5.41) is 0. The summed E-state index contributed by atoms with van der Waals surface area (Å²) in [5.74, 6) is -0.00310. The number of aromatic nitrogens is 1. The Bertz CT molecular complexity index is 363. The van der Waals surface area contributed by atoms with Gasteiger partial charge in [0, 0.05) is 31.5 Å². The lowest BCUT2D eigenvalue weighted by molar-refractivity contribution is 0.0711. The minimum absolute atomic E-state index is 0.00310. The molecule has 1 aromatic heterocycles. The summed E-state index contributed by atoms with van der Waals surface area (Å²) >= 11 is 0. The highest BCUT2D eigenvalue weighted by Gasteiger charge is 2.17. The van der Waals surface area contributed by atoms with Gasteiger partial charge >= 0.3 is 0 Å². The van der Waals surface area contributed by atoms with E-state index >= 15 is 0 Å². The molecule has 0 aliphatic heterocycles. The zero-order chi connectivity index (χ0) is 12.1. The first-order valence-electron chi connectivity index (χ1n) is 5.49. The number of aryl methyl sites for hydroxylation is 1. The molecule has 1 amide bonds. The van der Waals surface area contributed by atoms with Crippen LogP contribution in [0.5, 0.6) is 0 Å². The molecule has 88 valence electrons. The Morgan fingerprint density at radius 1 is 1.50 bits per heavy atom. The molecule has 16 heavy (non-hydrogen) atoms. The number of hydrogen-bond donors (Lipinski definition) is 1. The topological polar surface area (TPSA) is 59.2 Å². The van der Waals surface area contributed by atoms with Crippen LogP contribution >= 0.6 is 0 Å². The zero-order valence-corrected chi connectivity index (χ0v) is 10.1. The molecule has 0 spiro atoms. The number of nitrogens with zero attached hydrogens (tertiary/aromatic N) is 2. The van der Waals surface area contributed by atoms with Crippen molar-refractivity contribution in [3.05, 3.63) is 29.6 Å². The molecule has 0 atom stereocenters. The van der Waals surface area contributed by atoms with Crippen molar-refractivity contribution in [2.24, 2.45) is 5.73 Å². The second-order valence-corrected chi connectivity index (χ2v) is 4.13. The van der Waals surface area contributed by atoms with Crippen LogP contribution in [-0.4, -0.2) is 34.9 Å². The highest BCUT2D eigenvalue weighted by atomic mass is 16.2. The molecule has 0 aliphatic carbocycles. The molecule has 0 bridgehead atoms. The molecule has 0 saturated heterocycles. The fraction of sp³-hybridized carbons (Fsp3) is 0.500. The van der Waals surface area contributed by atoms with Crippen LogP contribution < -0.4 is 5.73 Å². The molecule has 1 heterocycles. The van der Waals surface area contributed by atoms with E-state index in [0.717, 1.165) is 5.56 Å². The molecule has 4 heteroatoms. The van der Waals surface area contributed by atoms with E-state index in [1.54, 1.807) is 17.3 Å². The van der Waals surface area contributed by atoms with E-state index in [1.807, 2.05) is 26.8 Å². The van der Waals surface area contributed by atoms with Gasteiger partial charge in [0.1, 0.15) is 0 Å². The first kappa shape index (κ1) is 12.6. The molecule has 0 unspecified atom stereocenters. The second kappa shape index (κ2) is 5.61. The summed E-state index contributed by atoms with van der Waals surface area (Å²) in [6.45, 7) is 6.94. The summed E-state index contributed by atoms with van der Waals surface area (Å²) in [6.07, 6.45) is 3.33. The average molecular weight is 221 g/mol. The Labute approximate surface area is 96.5 Å². The smallest absolute Gasteiger partial charge is 0.255 e. The van der Waals surface area contributed by atoms with Crippen LogP contribution in [0.4, 0.5) is 0 Å². The van der Waals surface area contributed by atoms with Crippen LogP contribution in [0.1, 0.15) is 29.8 Å². The van der Waals surface area contributed by atoms with Gasteiger partial charge < -0.3 is 10.6 Å². The summed E-state index contributed by atoms with van der Waals surface area (Å²) in [4.78, 5) is 17.9. The predicted octanol–water partition coefficient (Wildman–Crippen LogP) is 1.20. The number of hydrogen-bond acceptors (Lipinski definition) is 3. The summed E-state index contributed by atoms with van der Waals surface area (Å²) in [5.41, 5.74) is 7.12. The van der Waals surface area contributed by atoms with E-state index in [4.69, 9.17) is 5.73 Å². The largest absolute Gasteiger partial charge is 0.335 e. The van der Waals surface area contributed by atoms with Gasteiger partial charge in [-0.25, -0.2) is 0 Å². The Hall–Kier alpha value is -1.42. The van der Waals surface area contributed by atoms with Crippen LogP contribution in [0.15, 0.2) is 18.5 Å². The maximum atomic E-state index is 12.2. The number of amides is 1. The molecular weight excluding hydrogens is 202 g/mol. The Balaban J connectivity index is 2.90. The highest BCUT2D eigenvalue weighted by molar-refractivity contribution is 5.94. The van der Waals surface area contributed by atoms with Crippen molar-refractivity contribution in [3.8, 4) is 0 Å². The van der Waals surface area contributed by atoms with Crippen molar-refractivity contribution in [1.82, 2.24) is 9.88 Å². The molecule has 4 nitrogen and oxygen atoms in total. The van der Waals surface area contributed by atoms with Crippen LogP contribution in [-0.2, 0) is 0 Å². The third kappa shape index (κ3) is 3.03. The number of nitrogens with two attached hydrogens (primary N) is 1. The molecule has 1 rings (SSSR count). The van der Waals surface area contributed by atoms with Gasteiger partial charge in [-0.3, -0.25) is 9.78 Å². The zero-order valence-electron chi connectivity index (χ0n) is 10.1. The van der Waals surface area contributed by atoms with E-state index in [9.17, 15) is 4.79 Å². The van der Waals surface area contributed by atoms with Crippen molar-refractivity contribution < 1.29 is 4.79 Å². The van der Waals surface area contributed by atoms with Crippen LogP contribution in [0.3, 0.4) is 0 Å². The molecule has 0 fully saturated rings. The van der Waals surface area contributed by atoms with Crippen LogP contribution in [0, 0.1) is 6.92 Å². The maximum Gasteiger partial charge on any atom is 0.255 e. The summed E-state index contributed by atoms with van der Waals surface area (Å²) in [6, 6.07) is 2.00. The lowest BCUT2D eigenvalue weighted by atomic mass is 10.2. The minimum atomic E-state index is -0.00310. The lowest BCUT2D eigenvalue weighted by Gasteiger charge is -2.26. The van der Waals surface area contributed by atoms with Gasteiger partial charge in [-0.2, -0.15) is 0 Å². The van der Waals surface area contributed by atoms with Gasteiger partial charge in [0.2, 0.25) is 0 Å². The normalized spacial score (nSPS) is 10.6. The van der Waals surface area contributed by atoms with Gasteiger partial charge in [-0.05, 0) is 32.4 Å². The van der Waals surface area contributed by atoms with Gasteiger partial charge in [-0.15, -0.1) is 0 Å². The van der Waals surface area contributed by atoms with Crippen molar-refractivity contribution in [2.75, 3.05) is 13.1 Å². The monoisotopic (exact) mass is 221 g/mol. The van der Waals surface area contributed by atoms with E-state index in [1.165, 1.54) is 0 Å². The number of carbonyl (C=O) groups excluding carboxylic acids is 1. The van der Waals surface area contributed by atoms with E-state index in [0.29, 0.717) is 18.7 Å². The Morgan fingerprint density at radius 3 is 2.69 bits per heavy atom. The second-order valence-electron chi connectivity index (χ2n) is 4.13. The Kier molecular flexibility index (Phi) is 4.43. The van der Waals surface area contributed by atoms with Gasteiger partial charge in [0.15, 0.2) is 0 Å². The maximum absolute atomic E-state index is 12.2. The molecule has 1 aromatic rings. The summed E-state index contributed by atoms with van der Waals surface area (Å²) in [7, 11) is 0. The number of pyridine rings is 1. The molecule has 0 aliphatic rings. The predicted molar refractivity (Wildman–Crippen MR) is 64.2 cm³/mol. The average Bonchev–Trinajstić information content (AvgIpc) is 2.24. The van der Waals surface area contributed by atoms with Crippen LogP contribution in [0.2, 0.25) is 0 Å². The summed E-state index contributed by atoms with van der Waals surface area (Å²) < 4.78 is 0. The van der Waals surface area contributed by atoms with Gasteiger partial charge in [0.25, 0.3) is 5.91 Å². The van der Waals surface area contributed by atoms with Crippen molar-refractivity contribution >= 4 is 5.91 Å². The molecule has 0 radical (unpaired) electrons. The molecule has 0 saturated carbocycles. The third-order valence-corrected chi connectivity index (χ3v) is 2.38. The van der Waals surface area contributed by atoms with Gasteiger partial charge in [0.05, 0.1) is 5.56 Å². The fourth-order valence-electron chi connectivity index (χ4n) is 1.57. The van der Waals surface area contributed by atoms with E-state index < -0.39 is 0 Å². The van der Waals surface area contributed by atoms with Gasteiger partial charge in [-0.1, -0.05) is 0 Å². The number of rotatable bonds is 4. The molecular formula is C12H19N3O. The quantitative estimate of drug-likeness (QED) is 0.831. The van der Waals surface area contributed by atoms with Crippen molar-refractivity contribution in [2.45, 2.75) is 26.8 Å². The van der Waals surface area contributed by atoms with Crippen molar-refractivity contribution in [3.63, 3.8) is 0 Å². The Morgan fingerprint density at radius 2 is 2.19 bits per heavy atom. The minimum Gasteiger partial charge on any atom is -0.335 e. The van der Waals surface area contributed by atoms with E-state index in [2.05, 4.69) is 4.98 Å². The third-order valence-electron chi connectivity index (χ3n) is 2.38. The fourth-order valence-corrected chi connectivity index (χ4v) is 1.57. The van der Waals surface area contributed by atoms with Crippen molar-refractivity contribution in [1.29, 1.82) is 0 Å². The standard InChI is InChI=1S/C12H19N3O/c1-9(2)15(5-4-13)12(16)11-6-10(3)7-14-8-11/h6-9H,4-5,13H2,1-3H3. The van der Waals surface area contributed by atoms with E-state index in [-0.39, 0.29) is 11.9 Å². The lowest BCUT2D eigenvalue weighted by Crippen LogP contribution is -2.40. The SMILES string of the molecule is Cc1cncc(C(=O)N(CCN)C(C)C)c1. The molecule has 0 aromatic carbocycles. The first-order valence-corrected chi connectivity index (χ1v) is 5.49. The molecule has 2 N–H and O–H groups in total. The number of carbonyl (C=O) groups is 1. The van der Waals surface area contributed by atoms with Crippen LogP contribution in [0.25, 0.3) is 0 Å². The first-order chi connectivity index (χ1) is 7.56. The highest BCUT2D eigenvalue weighted by Crippen LogP contribution is 2.08.